The Labute approximate surface area is 101 Å². The molecule has 0 unspecified atom stereocenters. The molecule has 0 aliphatic rings. The molecule has 16 heavy (non-hydrogen) atoms. The van der Waals surface area contributed by atoms with E-state index in [9.17, 15) is 8.42 Å². The number of hydrogen-bond acceptors (Lipinski definition) is 3. The van der Waals surface area contributed by atoms with Crippen LogP contribution in [0.3, 0.4) is 0 Å². The number of hydrogen-bond donors (Lipinski definition) is 0. The van der Waals surface area contributed by atoms with Crippen LogP contribution in [0.15, 0.2) is 29.2 Å². The molecule has 0 aromatic heterocycles. The maximum absolute atomic E-state index is 11.0. The number of rotatable bonds is 4. The van der Waals surface area contributed by atoms with E-state index < -0.39 is 9.05 Å². The van der Waals surface area contributed by atoms with Gasteiger partial charge in [0.25, 0.3) is 9.05 Å². The van der Waals surface area contributed by atoms with Crippen LogP contribution >= 0.6 is 10.7 Å². The van der Waals surface area contributed by atoms with Crippen molar-refractivity contribution in [1.29, 1.82) is 0 Å². The van der Waals surface area contributed by atoms with Gasteiger partial charge in [-0.2, -0.15) is 0 Å². The van der Waals surface area contributed by atoms with Crippen LogP contribution < -0.4 is 0 Å². The van der Waals surface area contributed by atoms with Gasteiger partial charge in [0.05, 0.1) is 17.1 Å². The quantitative estimate of drug-likeness (QED) is 0.783. The molecule has 0 spiro atoms. The highest BCUT2D eigenvalue weighted by Gasteiger charge is 2.12. The SMILES string of the molecule is CC(C)O[C@@H](C)c1ccc(S(=O)(=O)Cl)cc1. The molecule has 1 rings (SSSR count). The van der Waals surface area contributed by atoms with Crippen LogP contribution in [0.4, 0.5) is 0 Å². The average molecular weight is 263 g/mol. The predicted molar refractivity (Wildman–Crippen MR) is 64.1 cm³/mol. The van der Waals surface area contributed by atoms with Gasteiger partial charge in [-0.3, -0.25) is 0 Å². The fraction of sp³-hybridized carbons (Fsp3) is 0.455. The van der Waals surface area contributed by atoms with Crippen LogP contribution in [0.5, 0.6) is 0 Å². The third-order valence-electron chi connectivity index (χ3n) is 2.11. The highest BCUT2D eigenvalue weighted by molar-refractivity contribution is 8.13. The largest absolute Gasteiger partial charge is 0.371 e. The third kappa shape index (κ3) is 3.77. The molecule has 0 saturated heterocycles. The van der Waals surface area contributed by atoms with E-state index >= 15 is 0 Å². The fourth-order valence-electron chi connectivity index (χ4n) is 1.39. The van der Waals surface area contributed by atoms with Crippen molar-refractivity contribution in [2.75, 3.05) is 0 Å². The van der Waals surface area contributed by atoms with Gasteiger partial charge in [0.2, 0.25) is 0 Å². The first-order valence-corrected chi connectivity index (χ1v) is 7.31. The monoisotopic (exact) mass is 262 g/mol. The second kappa shape index (κ2) is 5.17. The molecule has 1 aromatic carbocycles. The summed E-state index contributed by atoms with van der Waals surface area (Å²) in [6, 6.07) is 6.39. The standard InChI is InChI=1S/C11H15ClO3S/c1-8(2)15-9(3)10-4-6-11(7-5-10)16(12,13)14/h4-9H,1-3H3/t9-/m0/s1. The van der Waals surface area contributed by atoms with Gasteiger partial charge < -0.3 is 4.74 Å². The van der Waals surface area contributed by atoms with Gasteiger partial charge in [-0.15, -0.1) is 0 Å². The fourth-order valence-corrected chi connectivity index (χ4v) is 2.16. The second-order valence-corrected chi connectivity index (χ2v) is 6.40. The van der Waals surface area contributed by atoms with Crippen molar-refractivity contribution in [2.45, 2.75) is 37.9 Å². The lowest BCUT2D eigenvalue weighted by Crippen LogP contribution is -2.07. The van der Waals surface area contributed by atoms with Crippen LogP contribution in [-0.2, 0) is 13.8 Å². The van der Waals surface area contributed by atoms with Crippen LogP contribution in [0.2, 0.25) is 0 Å². The molecule has 1 atom stereocenters. The lowest BCUT2D eigenvalue weighted by Gasteiger charge is -2.16. The number of benzene rings is 1. The molecule has 0 aliphatic carbocycles. The Bertz CT molecular complexity index is 437. The molecule has 0 radical (unpaired) electrons. The zero-order valence-corrected chi connectivity index (χ0v) is 11.0. The maximum Gasteiger partial charge on any atom is 0.261 e. The summed E-state index contributed by atoms with van der Waals surface area (Å²) < 4.78 is 27.6. The molecule has 0 fully saturated rings. The van der Waals surface area contributed by atoms with Crippen molar-refractivity contribution in [3.63, 3.8) is 0 Å². The van der Waals surface area contributed by atoms with E-state index in [4.69, 9.17) is 15.4 Å². The summed E-state index contributed by atoms with van der Waals surface area (Å²) >= 11 is 0. The summed E-state index contributed by atoms with van der Waals surface area (Å²) in [6.45, 7) is 5.83. The topological polar surface area (TPSA) is 43.4 Å². The summed E-state index contributed by atoms with van der Waals surface area (Å²) in [5.74, 6) is 0. The van der Waals surface area contributed by atoms with Gasteiger partial charge in [0.1, 0.15) is 0 Å². The van der Waals surface area contributed by atoms with Crippen molar-refractivity contribution >= 4 is 19.7 Å². The van der Waals surface area contributed by atoms with E-state index in [2.05, 4.69) is 0 Å². The summed E-state index contributed by atoms with van der Waals surface area (Å²) in [4.78, 5) is 0.106. The Morgan fingerprint density at radius 3 is 2.00 bits per heavy atom. The van der Waals surface area contributed by atoms with Crippen molar-refractivity contribution in [3.8, 4) is 0 Å². The van der Waals surface area contributed by atoms with Crippen LogP contribution in [0.25, 0.3) is 0 Å². The summed E-state index contributed by atoms with van der Waals surface area (Å²) in [5.41, 5.74) is 0.928. The Balaban J connectivity index is 2.87. The molecule has 0 N–H and O–H groups in total. The summed E-state index contributed by atoms with van der Waals surface area (Å²) in [5, 5.41) is 0. The van der Waals surface area contributed by atoms with Crippen LogP contribution in [0, 0.1) is 0 Å². The Kier molecular flexibility index (Phi) is 4.35. The number of halogens is 1. The van der Waals surface area contributed by atoms with E-state index in [-0.39, 0.29) is 17.1 Å². The van der Waals surface area contributed by atoms with E-state index in [0.717, 1.165) is 5.56 Å². The molecular formula is C11H15ClO3S. The molecule has 0 aliphatic heterocycles. The first kappa shape index (κ1) is 13.5. The molecule has 1 aromatic rings. The van der Waals surface area contributed by atoms with Gasteiger partial charge in [-0.05, 0) is 38.5 Å². The first-order chi connectivity index (χ1) is 7.30. The smallest absolute Gasteiger partial charge is 0.261 e. The third-order valence-corrected chi connectivity index (χ3v) is 3.48. The minimum Gasteiger partial charge on any atom is -0.371 e. The van der Waals surface area contributed by atoms with Crippen LogP contribution in [-0.4, -0.2) is 14.5 Å². The molecule has 5 heteroatoms. The maximum atomic E-state index is 11.0. The summed E-state index contributed by atoms with van der Waals surface area (Å²) in [7, 11) is 1.58. The molecule has 90 valence electrons. The van der Waals surface area contributed by atoms with Crippen molar-refractivity contribution < 1.29 is 13.2 Å². The average Bonchev–Trinajstić information content (AvgIpc) is 2.15. The van der Waals surface area contributed by atoms with Gasteiger partial charge in [-0.1, -0.05) is 12.1 Å². The van der Waals surface area contributed by atoms with Crippen molar-refractivity contribution in [2.24, 2.45) is 0 Å². The minimum atomic E-state index is -3.64. The Hall–Kier alpha value is -0.580. The van der Waals surface area contributed by atoms with Gasteiger partial charge in [0, 0.05) is 10.7 Å². The number of ether oxygens (including phenoxy) is 1. The highest BCUT2D eigenvalue weighted by atomic mass is 35.7. The first-order valence-electron chi connectivity index (χ1n) is 5.01. The molecule has 0 bridgehead atoms. The molecule has 0 saturated carbocycles. The summed E-state index contributed by atoms with van der Waals surface area (Å²) in [6.07, 6.45) is 0.0681. The van der Waals surface area contributed by atoms with E-state index in [1.807, 2.05) is 20.8 Å². The molecule has 0 heterocycles. The van der Waals surface area contributed by atoms with E-state index in [1.165, 1.54) is 12.1 Å². The second-order valence-electron chi connectivity index (χ2n) is 3.83. The Morgan fingerprint density at radius 2 is 1.62 bits per heavy atom. The molecule has 3 nitrogen and oxygen atoms in total. The minimum absolute atomic E-state index is 0.0629. The van der Waals surface area contributed by atoms with Gasteiger partial charge >= 0.3 is 0 Å². The van der Waals surface area contributed by atoms with Crippen LogP contribution in [0.1, 0.15) is 32.4 Å². The predicted octanol–water partition coefficient (Wildman–Crippen LogP) is 3.10. The van der Waals surface area contributed by atoms with Crippen molar-refractivity contribution in [3.05, 3.63) is 29.8 Å². The van der Waals surface area contributed by atoms with E-state index in [1.54, 1.807) is 12.1 Å². The lowest BCUT2D eigenvalue weighted by atomic mass is 10.1. The lowest BCUT2D eigenvalue weighted by molar-refractivity contribution is 0.0178. The van der Waals surface area contributed by atoms with Gasteiger partial charge in [0.15, 0.2) is 0 Å². The van der Waals surface area contributed by atoms with Gasteiger partial charge in [-0.25, -0.2) is 8.42 Å². The molecule has 0 amide bonds. The Morgan fingerprint density at radius 1 is 1.12 bits per heavy atom. The zero-order chi connectivity index (χ0) is 12.3. The molecular weight excluding hydrogens is 248 g/mol. The zero-order valence-electron chi connectivity index (χ0n) is 9.48. The van der Waals surface area contributed by atoms with E-state index in [0.29, 0.717) is 0 Å². The van der Waals surface area contributed by atoms with Crippen molar-refractivity contribution in [1.82, 2.24) is 0 Å². The highest BCUT2D eigenvalue weighted by Crippen LogP contribution is 2.21. The normalized spacial score (nSPS) is 14.1.